The van der Waals surface area contributed by atoms with Gasteiger partial charge in [0.15, 0.2) is 0 Å². The minimum absolute atomic E-state index is 0.140. The summed E-state index contributed by atoms with van der Waals surface area (Å²) >= 11 is 13.0. The number of ether oxygens (including phenoxy) is 2. The van der Waals surface area contributed by atoms with Crippen LogP contribution >= 0.6 is 23.2 Å². The maximum atomic E-state index is 12.6. The molecule has 4 aromatic rings. The molecule has 6 nitrogen and oxygen atoms in total. The van der Waals surface area contributed by atoms with Gasteiger partial charge in [0.1, 0.15) is 0 Å². The van der Waals surface area contributed by atoms with Gasteiger partial charge in [0.05, 0.1) is 27.7 Å². The zero-order valence-electron chi connectivity index (χ0n) is 18.5. The van der Waals surface area contributed by atoms with Crippen molar-refractivity contribution in [2.24, 2.45) is 0 Å². The predicted molar refractivity (Wildman–Crippen MR) is 132 cm³/mol. The van der Waals surface area contributed by atoms with Crippen molar-refractivity contribution in [3.8, 4) is 22.3 Å². The number of rotatable bonds is 0. The molecule has 2 aliphatic heterocycles. The summed E-state index contributed by atoms with van der Waals surface area (Å²) in [6, 6.07) is 17.7. The Kier molecular flexibility index (Phi) is 3.69. The third-order valence-corrected chi connectivity index (χ3v) is 8.20. The summed E-state index contributed by atoms with van der Waals surface area (Å²) in [4.78, 5) is 50.2. The zero-order valence-corrected chi connectivity index (χ0v) is 20.0. The third-order valence-electron chi connectivity index (χ3n) is 7.73. The van der Waals surface area contributed by atoms with Gasteiger partial charge < -0.3 is 9.47 Å². The van der Waals surface area contributed by atoms with E-state index in [-0.39, 0.29) is 22.3 Å². The van der Waals surface area contributed by atoms with Gasteiger partial charge in [0.25, 0.3) is 0 Å². The fourth-order valence-corrected chi connectivity index (χ4v) is 6.67. The van der Waals surface area contributed by atoms with E-state index >= 15 is 0 Å². The highest BCUT2D eigenvalue weighted by molar-refractivity contribution is 6.31. The van der Waals surface area contributed by atoms with Crippen LogP contribution in [0.25, 0.3) is 22.3 Å². The molecule has 0 N–H and O–H groups in total. The normalized spacial score (nSPS) is 16.7. The van der Waals surface area contributed by atoms with Gasteiger partial charge >= 0.3 is 23.9 Å². The lowest BCUT2D eigenvalue weighted by molar-refractivity contribution is 0.0425. The number of fused-ring (bicyclic) bond motifs is 12. The molecule has 0 fully saturated rings. The quantitative estimate of drug-likeness (QED) is 0.180. The van der Waals surface area contributed by atoms with Crippen molar-refractivity contribution in [2.75, 3.05) is 0 Å². The number of benzene rings is 4. The molecule has 0 unspecified atom stereocenters. The van der Waals surface area contributed by atoms with Crippen molar-refractivity contribution < 1.29 is 28.7 Å². The molecule has 8 heteroatoms. The van der Waals surface area contributed by atoms with Crippen LogP contribution in [-0.4, -0.2) is 23.9 Å². The lowest BCUT2D eigenvalue weighted by Crippen LogP contribution is -2.26. The first-order valence-electron chi connectivity index (χ1n) is 11.3. The maximum absolute atomic E-state index is 12.6. The molecular weight excluding hydrogens is 515 g/mol. The second-order valence-corrected chi connectivity index (χ2v) is 10.2. The monoisotopic (exact) mass is 524 g/mol. The van der Waals surface area contributed by atoms with E-state index in [9.17, 15) is 19.2 Å². The second-order valence-electron chi connectivity index (χ2n) is 9.37. The van der Waals surface area contributed by atoms with Gasteiger partial charge in [-0.15, -0.1) is 0 Å². The van der Waals surface area contributed by atoms with E-state index in [2.05, 4.69) is 0 Å². The number of esters is 4. The molecule has 0 bridgehead atoms. The molecule has 8 rings (SSSR count). The van der Waals surface area contributed by atoms with Crippen LogP contribution < -0.4 is 0 Å². The highest BCUT2D eigenvalue weighted by atomic mass is 35.5. The second kappa shape index (κ2) is 6.54. The van der Waals surface area contributed by atoms with Crippen LogP contribution in [0, 0.1) is 0 Å². The average Bonchev–Trinajstić information content (AvgIpc) is 3.51. The van der Waals surface area contributed by atoms with E-state index in [1.807, 2.05) is 24.3 Å². The lowest BCUT2D eigenvalue weighted by Gasteiger charge is -2.31. The Bertz CT molecular complexity index is 1750. The van der Waals surface area contributed by atoms with Gasteiger partial charge in [-0.3, -0.25) is 0 Å². The Morgan fingerprint density at radius 2 is 0.784 bits per heavy atom. The van der Waals surface area contributed by atoms with Crippen molar-refractivity contribution in [3.05, 3.63) is 115 Å². The molecule has 0 atom stereocenters. The van der Waals surface area contributed by atoms with Crippen LogP contribution in [0.3, 0.4) is 0 Å². The van der Waals surface area contributed by atoms with Crippen molar-refractivity contribution in [1.29, 1.82) is 0 Å². The summed E-state index contributed by atoms with van der Waals surface area (Å²) in [5, 5.41) is 0.997. The molecule has 2 aliphatic carbocycles. The van der Waals surface area contributed by atoms with E-state index in [1.165, 1.54) is 0 Å². The van der Waals surface area contributed by atoms with Gasteiger partial charge in [0.2, 0.25) is 0 Å². The molecule has 4 aliphatic rings. The maximum Gasteiger partial charge on any atom is 0.346 e. The Balaban J connectivity index is 1.60. The summed E-state index contributed by atoms with van der Waals surface area (Å²) < 4.78 is 9.79. The molecule has 4 aromatic carbocycles. The standard InChI is InChI=1S/C29H10Cl2O6/c30-11-1-3-13-14-4-2-12(31)6-22(14)29(21(13)5-11)23-9-19-17(25(32)36-27(19)34)7-15(23)16-8-18-20(10-24(16)29)28(35)37-26(18)33/h1-10H. The highest BCUT2D eigenvalue weighted by Crippen LogP contribution is 2.64. The van der Waals surface area contributed by atoms with E-state index in [4.69, 9.17) is 32.7 Å². The SMILES string of the molecule is O=C1OC(=O)c2cc3c(cc21)-c1cc2c(cc1C31c3cc(Cl)ccc3-c3ccc(Cl)cc31)C(=O)OC2=O. The molecule has 0 amide bonds. The first-order valence-corrected chi connectivity index (χ1v) is 12.1. The Labute approximate surface area is 218 Å². The van der Waals surface area contributed by atoms with Crippen LogP contribution in [0.1, 0.15) is 63.7 Å². The van der Waals surface area contributed by atoms with Gasteiger partial charge in [-0.1, -0.05) is 35.3 Å². The summed E-state index contributed by atoms with van der Waals surface area (Å²) in [6.07, 6.45) is 0. The van der Waals surface area contributed by atoms with E-state index in [0.717, 1.165) is 22.3 Å². The number of hydrogen-bond donors (Lipinski definition) is 0. The zero-order chi connectivity index (χ0) is 25.4. The van der Waals surface area contributed by atoms with Crippen LogP contribution in [0.15, 0.2) is 60.7 Å². The molecule has 176 valence electrons. The van der Waals surface area contributed by atoms with E-state index in [1.54, 1.807) is 36.4 Å². The van der Waals surface area contributed by atoms with Crippen LogP contribution in [0.5, 0.6) is 0 Å². The predicted octanol–water partition coefficient (Wildman–Crippen LogP) is 5.96. The summed E-state index contributed by atoms with van der Waals surface area (Å²) in [5.41, 5.74) is 5.68. The molecule has 0 aromatic heterocycles. The number of halogens is 2. The van der Waals surface area contributed by atoms with Crippen molar-refractivity contribution in [1.82, 2.24) is 0 Å². The minimum Gasteiger partial charge on any atom is -0.386 e. The number of cyclic esters (lactones) is 4. The third kappa shape index (κ3) is 2.33. The first kappa shape index (κ1) is 20.9. The number of carbonyl (C=O) groups excluding carboxylic acids is 4. The molecule has 0 radical (unpaired) electrons. The Morgan fingerprint density at radius 3 is 1.19 bits per heavy atom. The molecule has 0 saturated carbocycles. The summed E-state index contributed by atoms with van der Waals surface area (Å²) in [5.74, 6) is -2.93. The van der Waals surface area contributed by atoms with E-state index in [0.29, 0.717) is 32.3 Å². The Hall–Kier alpha value is -4.26. The van der Waals surface area contributed by atoms with Crippen LogP contribution in [-0.2, 0) is 14.9 Å². The lowest BCUT2D eigenvalue weighted by atomic mass is 9.70. The topological polar surface area (TPSA) is 86.7 Å². The first-order chi connectivity index (χ1) is 17.8. The summed E-state index contributed by atoms with van der Waals surface area (Å²) in [7, 11) is 0. The summed E-state index contributed by atoms with van der Waals surface area (Å²) in [6.45, 7) is 0. The van der Waals surface area contributed by atoms with Crippen molar-refractivity contribution in [3.63, 3.8) is 0 Å². The molecule has 2 heterocycles. The van der Waals surface area contributed by atoms with Crippen molar-refractivity contribution >= 4 is 47.1 Å². The molecule has 1 spiro atoms. The number of carbonyl (C=O) groups is 4. The van der Waals surface area contributed by atoms with Crippen LogP contribution in [0.2, 0.25) is 10.0 Å². The number of hydrogen-bond acceptors (Lipinski definition) is 6. The largest absolute Gasteiger partial charge is 0.386 e. The van der Waals surface area contributed by atoms with E-state index < -0.39 is 29.3 Å². The smallest absolute Gasteiger partial charge is 0.346 e. The minimum atomic E-state index is -1.03. The van der Waals surface area contributed by atoms with Gasteiger partial charge in [-0.05, 0) is 93.0 Å². The van der Waals surface area contributed by atoms with Gasteiger partial charge in [-0.25, -0.2) is 19.2 Å². The molecular formula is C29H10Cl2O6. The van der Waals surface area contributed by atoms with Crippen LogP contribution in [0.4, 0.5) is 0 Å². The van der Waals surface area contributed by atoms with Gasteiger partial charge in [-0.2, -0.15) is 0 Å². The molecule has 37 heavy (non-hydrogen) atoms. The fourth-order valence-electron chi connectivity index (χ4n) is 6.32. The fraction of sp³-hybridized carbons (Fsp3) is 0.0345. The van der Waals surface area contributed by atoms with Crippen molar-refractivity contribution in [2.45, 2.75) is 5.41 Å². The highest BCUT2D eigenvalue weighted by Gasteiger charge is 2.54. The Morgan fingerprint density at radius 1 is 0.432 bits per heavy atom. The average molecular weight is 525 g/mol. The molecule has 0 saturated heterocycles. The van der Waals surface area contributed by atoms with Gasteiger partial charge in [0, 0.05) is 10.0 Å².